The maximum atomic E-state index is 14.2. The molecule has 156 valence electrons. The van der Waals surface area contributed by atoms with Gasteiger partial charge in [-0.25, -0.2) is 8.78 Å². The lowest BCUT2D eigenvalue weighted by atomic mass is 10.1. The molecule has 3 rings (SSSR count). The summed E-state index contributed by atoms with van der Waals surface area (Å²) in [4.78, 5) is 24.8. The molecule has 0 radical (unpaired) electrons. The quantitative estimate of drug-likeness (QED) is 0.594. The number of aryl methyl sites for hydroxylation is 1. The SMILES string of the molecule is Cc1onc(-c2c(F)cccc2Cl)c1C(=O)NNC(=O)C(C)Oc1ccc(F)cc1. The fourth-order valence-electron chi connectivity index (χ4n) is 2.59. The average molecular weight is 436 g/mol. The van der Waals surface area contributed by atoms with E-state index in [1.165, 1.54) is 56.3 Å². The fraction of sp³-hybridized carbons (Fsp3) is 0.150. The molecule has 1 aromatic heterocycles. The van der Waals surface area contributed by atoms with Crippen LogP contribution in [0.1, 0.15) is 23.0 Å². The number of halogens is 3. The molecule has 0 saturated heterocycles. The second-order valence-corrected chi connectivity index (χ2v) is 6.62. The summed E-state index contributed by atoms with van der Waals surface area (Å²) >= 11 is 6.04. The average Bonchev–Trinajstić information content (AvgIpc) is 3.08. The van der Waals surface area contributed by atoms with Crippen molar-refractivity contribution in [2.45, 2.75) is 20.0 Å². The van der Waals surface area contributed by atoms with E-state index in [0.29, 0.717) is 0 Å². The monoisotopic (exact) mass is 435 g/mol. The minimum Gasteiger partial charge on any atom is -0.481 e. The lowest BCUT2D eigenvalue weighted by Crippen LogP contribution is -2.47. The first kappa shape index (κ1) is 21.3. The van der Waals surface area contributed by atoms with Gasteiger partial charge in [0.2, 0.25) is 0 Å². The van der Waals surface area contributed by atoms with E-state index < -0.39 is 29.6 Å². The van der Waals surface area contributed by atoms with Gasteiger partial charge >= 0.3 is 0 Å². The third kappa shape index (κ3) is 4.57. The summed E-state index contributed by atoms with van der Waals surface area (Å²) in [5.74, 6) is -2.21. The fourth-order valence-corrected chi connectivity index (χ4v) is 2.84. The molecule has 0 spiro atoms. The predicted octanol–water partition coefficient (Wildman–Crippen LogP) is 3.81. The second kappa shape index (κ2) is 8.91. The van der Waals surface area contributed by atoms with Crippen LogP contribution in [0.2, 0.25) is 5.02 Å². The van der Waals surface area contributed by atoms with Crippen molar-refractivity contribution >= 4 is 23.4 Å². The van der Waals surface area contributed by atoms with Gasteiger partial charge in [-0.3, -0.25) is 20.4 Å². The first-order chi connectivity index (χ1) is 14.3. The Balaban J connectivity index is 1.70. The van der Waals surface area contributed by atoms with Crippen molar-refractivity contribution in [3.05, 3.63) is 70.4 Å². The first-order valence-corrected chi connectivity index (χ1v) is 9.08. The van der Waals surface area contributed by atoms with Gasteiger partial charge in [0.25, 0.3) is 11.8 Å². The molecule has 2 aromatic carbocycles. The maximum Gasteiger partial charge on any atom is 0.279 e. The van der Waals surface area contributed by atoms with Gasteiger partial charge in [0.05, 0.1) is 10.6 Å². The van der Waals surface area contributed by atoms with E-state index >= 15 is 0 Å². The lowest BCUT2D eigenvalue weighted by molar-refractivity contribution is -0.128. The number of nitrogens with zero attached hydrogens (tertiary/aromatic N) is 1. The number of rotatable bonds is 5. The molecule has 0 bridgehead atoms. The van der Waals surface area contributed by atoms with Gasteiger partial charge in [-0.05, 0) is 50.2 Å². The summed E-state index contributed by atoms with van der Waals surface area (Å²) in [7, 11) is 0. The van der Waals surface area contributed by atoms with Crippen molar-refractivity contribution in [1.82, 2.24) is 16.0 Å². The highest BCUT2D eigenvalue weighted by atomic mass is 35.5. The normalized spacial score (nSPS) is 11.6. The largest absolute Gasteiger partial charge is 0.481 e. The number of hydrogen-bond acceptors (Lipinski definition) is 5. The van der Waals surface area contributed by atoms with Crippen molar-refractivity contribution in [1.29, 1.82) is 0 Å². The minimum atomic E-state index is -1.00. The summed E-state index contributed by atoms with van der Waals surface area (Å²) in [5.41, 5.74) is 4.13. The standard InChI is InChI=1S/C20H16ClF2N3O4/c1-10-16(18(26-30-10)17-14(21)4-3-5-15(17)23)20(28)25-24-19(27)11(2)29-13-8-6-12(22)7-9-13/h3-9,11H,1-2H3,(H,24,27)(H,25,28). The van der Waals surface area contributed by atoms with Crippen LogP contribution < -0.4 is 15.6 Å². The van der Waals surface area contributed by atoms with Crippen LogP contribution in [0.3, 0.4) is 0 Å². The van der Waals surface area contributed by atoms with Crippen molar-refractivity contribution in [2.24, 2.45) is 0 Å². The van der Waals surface area contributed by atoms with E-state index in [0.717, 1.165) is 0 Å². The number of ether oxygens (including phenoxy) is 1. The second-order valence-electron chi connectivity index (χ2n) is 6.22. The molecular formula is C20H16ClF2N3O4. The summed E-state index contributed by atoms with van der Waals surface area (Å²) in [6.45, 7) is 2.91. The van der Waals surface area contributed by atoms with E-state index in [1.807, 2.05) is 0 Å². The molecule has 10 heteroatoms. The van der Waals surface area contributed by atoms with Crippen LogP contribution in [-0.2, 0) is 4.79 Å². The maximum absolute atomic E-state index is 14.2. The third-order valence-corrected chi connectivity index (χ3v) is 4.40. The molecule has 0 aliphatic rings. The van der Waals surface area contributed by atoms with Crippen LogP contribution in [0.15, 0.2) is 47.0 Å². The number of aromatic nitrogens is 1. The van der Waals surface area contributed by atoms with Crippen molar-refractivity contribution in [3.63, 3.8) is 0 Å². The zero-order chi connectivity index (χ0) is 21.8. The van der Waals surface area contributed by atoms with E-state index in [2.05, 4.69) is 16.0 Å². The molecule has 1 atom stereocenters. The van der Waals surface area contributed by atoms with Crippen LogP contribution in [-0.4, -0.2) is 23.1 Å². The first-order valence-electron chi connectivity index (χ1n) is 8.71. The van der Waals surface area contributed by atoms with E-state index in [1.54, 1.807) is 0 Å². The van der Waals surface area contributed by atoms with Crippen LogP contribution >= 0.6 is 11.6 Å². The Labute approximate surface area is 174 Å². The minimum absolute atomic E-state index is 0.0442. The molecule has 30 heavy (non-hydrogen) atoms. The Morgan fingerprint density at radius 2 is 1.83 bits per heavy atom. The zero-order valence-electron chi connectivity index (χ0n) is 15.8. The number of carbonyl (C=O) groups excluding carboxylic acids is 2. The summed E-state index contributed by atoms with van der Waals surface area (Å²) < 4.78 is 37.6. The summed E-state index contributed by atoms with van der Waals surface area (Å²) in [6.07, 6.45) is -1.00. The molecule has 0 aliphatic carbocycles. The Morgan fingerprint density at radius 3 is 2.50 bits per heavy atom. The zero-order valence-corrected chi connectivity index (χ0v) is 16.6. The van der Waals surface area contributed by atoms with E-state index in [4.69, 9.17) is 20.9 Å². The van der Waals surface area contributed by atoms with Gasteiger partial charge < -0.3 is 9.26 Å². The van der Waals surface area contributed by atoms with Crippen LogP contribution in [0.25, 0.3) is 11.3 Å². The highest BCUT2D eigenvalue weighted by Crippen LogP contribution is 2.33. The molecule has 3 aromatic rings. The van der Waals surface area contributed by atoms with Gasteiger partial charge in [0.15, 0.2) is 6.10 Å². The van der Waals surface area contributed by atoms with Crippen LogP contribution in [0.5, 0.6) is 5.75 Å². The van der Waals surface area contributed by atoms with Crippen LogP contribution in [0.4, 0.5) is 8.78 Å². The lowest BCUT2D eigenvalue weighted by Gasteiger charge is -2.15. The van der Waals surface area contributed by atoms with E-state index in [9.17, 15) is 18.4 Å². The van der Waals surface area contributed by atoms with E-state index in [-0.39, 0.29) is 33.4 Å². The Hall–Kier alpha value is -3.46. The summed E-state index contributed by atoms with van der Waals surface area (Å²) in [6, 6.07) is 9.13. The summed E-state index contributed by atoms with van der Waals surface area (Å²) in [5, 5.41) is 3.77. The Kier molecular flexibility index (Phi) is 6.31. The molecule has 1 heterocycles. The third-order valence-electron chi connectivity index (χ3n) is 4.08. The Bertz CT molecular complexity index is 1070. The number of carbonyl (C=O) groups is 2. The molecule has 2 amide bonds. The highest BCUT2D eigenvalue weighted by Gasteiger charge is 2.26. The number of benzene rings is 2. The molecule has 0 fully saturated rings. The van der Waals surface area contributed by atoms with Gasteiger partial charge in [-0.1, -0.05) is 22.8 Å². The molecule has 0 aliphatic heterocycles. The topological polar surface area (TPSA) is 93.5 Å². The van der Waals surface area contributed by atoms with Gasteiger partial charge in [-0.2, -0.15) is 0 Å². The number of amides is 2. The molecule has 1 unspecified atom stereocenters. The van der Waals surface area contributed by atoms with Gasteiger partial charge in [0, 0.05) is 0 Å². The van der Waals surface area contributed by atoms with Gasteiger partial charge in [0.1, 0.15) is 34.4 Å². The Morgan fingerprint density at radius 1 is 1.13 bits per heavy atom. The van der Waals surface area contributed by atoms with Crippen molar-refractivity contribution < 1.29 is 27.6 Å². The predicted molar refractivity (Wildman–Crippen MR) is 104 cm³/mol. The van der Waals surface area contributed by atoms with Gasteiger partial charge in [-0.15, -0.1) is 0 Å². The van der Waals surface area contributed by atoms with Crippen LogP contribution in [0, 0.1) is 18.6 Å². The van der Waals surface area contributed by atoms with Crippen molar-refractivity contribution in [2.75, 3.05) is 0 Å². The molecule has 7 nitrogen and oxygen atoms in total. The number of hydrazine groups is 1. The number of nitrogens with one attached hydrogen (secondary N) is 2. The number of hydrogen-bond donors (Lipinski definition) is 2. The molecular weight excluding hydrogens is 420 g/mol. The molecule has 0 saturated carbocycles. The van der Waals surface area contributed by atoms with Crippen molar-refractivity contribution in [3.8, 4) is 17.0 Å². The highest BCUT2D eigenvalue weighted by molar-refractivity contribution is 6.33. The molecule has 2 N–H and O–H groups in total. The smallest absolute Gasteiger partial charge is 0.279 e.